The Morgan fingerprint density at radius 3 is 2.31 bits per heavy atom. The number of nitrogens with zero attached hydrogens (tertiary/aromatic N) is 3. The maximum absolute atomic E-state index is 11.9. The number of hydrogen-bond acceptors (Lipinski definition) is 6. The maximum Gasteiger partial charge on any atom is 0.416 e. The Morgan fingerprint density at radius 2 is 1.66 bits per heavy atom. The summed E-state index contributed by atoms with van der Waals surface area (Å²) in [6.45, 7) is 0. The van der Waals surface area contributed by atoms with Crippen molar-refractivity contribution in [2.45, 2.75) is 6.42 Å². The molecular weight excluding hydrogens is 418 g/mol. The van der Waals surface area contributed by atoms with Gasteiger partial charge in [0.1, 0.15) is 11.0 Å². The standard InChI is InChI=1S/C22H13N3O7/c26-20(27)13-9-25(22(30)31)17-12-7-6-11(8-10-4-2-1-3-5-10)23-15(12)16-18(14(13)17)32-19(24-16)21(28)29/h1-7,9H,8H2,(H,26,27)(H,28,29)(H,30,31). The molecule has 0 spiro atoms. The second-order valence-corrected chi connectivity index (χ2v) is 7.09. The van der Waals surface area contributed by atoms with E-state index in [-0.39, 0.29) is 33.1 Å². The Kier molecular flexibility index (Phi) is 4.16. The highest BCUT2D eigenvalue weighted by Crippen LogP contribution is 2.37. The molecule has 0 radical (unpaired) electrons. The van der Waals surface area contributed by atoms with E-state index in [4.69, 9.17) is 4.42 Å². The third-order valence-corrected chi connectivity index (χ3v) is 5.14. The van der Waals surface area contributed by atoms with Crippen LogP contribution in [0, 0.1) is 0 Å². The molecule has 0 saturated carbocycles. The second kappa shape index (κ2) is 6.91. The van der Waals surface area contributed by atoms with Gasteiger partial charge in [0.05, 0.1) is 16.5 Å². The van der Waals surface area contributed by atoms with E-state index < -0.39 is 23.9 Å². The van der Waals surface area contributed by atoms with E-state index >= 15 is 0 Å². The molecule has 3 N–H and O–H groups in total. The van der Waals surface area contributed by atoms with Gasteiger partial charge >= 0.3 is 23.9 Å². The number of rotatable bonds is 4. The van der Waals surface area contributed by atoms with Crippen LogP contribution in [0.1, 0.15) is 32.3 Å². The Balaban J connectivity index is 1.91. The molecule has 32 heavy (non-hydrogen) atoms. The molecule has 0 amide bonds. The van der Waals surface area contributed by atoms with Crippen molar-refractivity contribution in [3.63, 3.8) is 0 Å². The minimum Gasteiger partial charge on any atom is -0.478 e. The molecule has 2 aromatic carbocycles. The first-order chi connectivity index (χ1) is 15.3. The largest absolute Gasteiger partial charge is 0.478 e. The van der Waals surface area contributed by atoms with Crippen LogP contribution in [-0.2, 0) is 6.42 Å². The number of aromatic carboxylic acids is 2. The average Bonchev–Trinajstić information content (AvgIpc) is 3.37. The highest BCUT2D eigenvalue weighted by molar-refractivity contribution is 6.26. The smallest absolute Gasteiger partial charge is 0.416 e. The fraction of sp³-hybridized carbons (Fsp3) is 0.0455. The predicted octanol–water partition coefficient (Wildman–Crippen LogP) is 3.84. The zero-order valence-corrected chi connectivity index (χ0v) is 16.1. The lowest BCUT2D eigenvalue weighted by atomic mass is 10.0. The monoisotopic (exact) mass is 431 g/mol. The highest BCUT2D eigenvalue weighted by Gasteiger charge is 2.27. The van der Waals surface area contributed by atoms with Crippen molar-refractivity contribution in [2.24, 2.45) is 0 Å². The molecule has 5 aromatic rings. The second-order valence-electron chi connectivity index (χ2n) is 7.09. The maximum atomic E-state index is 11.9. The quantitative estimate of drug-likeness (QED) is 0.385. The van der Waals surface area contributed by atoms with E-state index in [9.17, 15) is 29.7 Å². The van der Waals surface area contributed by atoms with Gasteiger partial charge in [-0.05, 0) is 17.7 Å². The Bertz CT molecular complexity index is 1580. The van der Waals surface area contributed by atoms with Gasteiger partial charge in [0.25, 0.3) is 0 Å². The van der Waals surface area contributed by atoms with E-state index in [1.165, 1.54) is 0 Å². The molecule has 0 unspecified atom stereocenters. The number of fused-ring (bicyclic) bond motifs is 6. The summed E-state index contributed by atoms with van der Waals surface area (Å²) in [5.74, 6) is -3.49. The third kappa shape index (κ3) is 2.85. The predicted molar refractivity (Wildman–Crippen MR) is 111 cm³/mol. The van der Waals surface area contributed by atoms with E-state index in [2.05, 4.69) is 9.97 Å². The summed E-state index contributed by atoms with van der Waals surface area (Å²) in [7, 11) is 0. The number of carbonyl (C=O) groups is 3. The van der Waals surface area contributed by atoms with Gasteiger partial charge in [0.15, 0.2) is 5.58 Å². The van der Waals surface area contributed by atoms with Crippen molar-refractivity contribution in [3.05, 3.63) is 71.4 Å². The van der Waals surface area contributed by atoms with Crippen molar-refractivity contribution in [2.75, 3.05) is 0 Å². The van der Waals surface area contributed by atoms with Crippen LogP contribution in [0.5, 0.6) is 0 Å². The first-order valence-corrected chi connectivity index (χ1v) is 9.36. The molecule has 0 saturated heterocycles. The molecule has 10 heteroatoms. The average molecular weight is 431 g/mol. The van der Waals surface area contributed by atoms with Crippen molar-refractivity contribution in [3.8, 4) is 0 Å². The minimum absolute atomic E-state index is 0.0317. The third-order valence-electron chi connectivity index (χ3n) is 5.14. The first-order valence-electron chi connectivity index (χ1n) is 9.36. The molecule has 10 nitrogen and oxygen atoms in total. The Hall–Kier alpha value is -4.73. The lowest BCUT2D eigenvalue weighted by molar-refractivity contribution is 0.0654. The zero-order valence-electron chi connectivity index (χ0n) is 16.1. The Morgan fingerprint density at radius 1 is 0.906 bits per heavy atom. The Labute approximate surface area is 178 Å². The number of aromatic nitrogens is 3. The van der Waals surface area contributed by atoms with Crippen LogP contribution < -0.4 is 0 Å². The molecule has 0 aliphatic rings. The van der Waals surface area contributed by atoms with Crippen LogP contribution in [0.3, 0.4) is 0 Å². The lowest BCUT2D eigenvalue weighted by Crippen LogP contribution is -2.06. The fourth-order valence-electron chi connectivity index (χ4n) is 3.83. The van der Waals surface area contributed by atoms with Gasteiger partial charge in [-0.1, -0.05) is 30.3 Å². The van der Waals surface area contributed by atoms with E-state index in [1.54, 1.807) is 12.1 Å². The van der Waals surface area contributed by atoms with Crippen molar-refractivity contribution in [1.29, 1.82) is 0 Å². The number of pyridine rings is 1. The summed E-state index contributed by atoms with van der Waals surface area (Å²) in [5, 5.41) is 28.9. The molecule has 0 fully saturated rings. The van der Waals surface area contributed by atoms with E-state index in [0.717, 1.165) is 16.3 Å². The topological polar surface area (TPSA) is 156 Å². The number of oxazole rings is 1. The van der Waals surface area contributed by atoms with Gasteiger partial charge in [-0.15, -0.1) is 0 Å². The summed E-state index contributed by atoms with van der Waals surface area (Å²) in [5.41, 5.74) is 1.42. The highest BCUT2D eigenvalue weighted by atomic mass is 16.4. The fourth-order valence-corrected chi connectivity index (χ4v) is 3.83. The van der Waals surface area contributed by atoms with E-state index in [1.807, 2.05) is 30.3 Å². The zero-order chi connectivity index (χ0) is 22.6. The molecule has 5 rings (SSSR count). The van der Waals surface area contributed by atoms with Crippen LogP contribution >= 0.6 is 0 Å². The first kappa shape index (κ1) is 19.2. The number of hydrogen-bond donors (Lipinski definition) is 3. The van der Waals surface area contributed by atoms with Gasteiger partial charge in [0, 0.05) is 23.7 Å². The molecular formula is C22H13N3O7. The van der Waals surface area contributed by atoms with Crippen molar-refractivity contribution >= 4 is 50.9 Å². The van der Waals surface area contributed by atoms with Crippen LogP contribution in [-0.4, -0.2) is 47.9 Å². The minimum atomic E-state index is -1.45. The van der Waals surface area contributed by atoms with Gasteiger partial charge in [-0.2, -0.15) is 0 Å². The van der Waals surface area contributed by atoms with Crippen LogP contribution in [0.2, 0.25) is 0 Å². The van der Waals surface area contributed by atoms with Gasteiger partial charge in [0.2, 0.25) is 0 Å². The molecule has 0 aliphatic heterocycles. The van der Waals surface area contributed by atoms with Gasteiger partial charge < -0.3 is 19.7 Å². The summed E-state index contributed by atoms with van der Waals surface area (Å²) >= 11 is 0. The number of carboxylic acid groups (broad SMARTS) is 3. The molecule has 3 heterocycles. The van der Waals surface area contributed by atoms with Crippen LogP contribution in [0.25, 0.3) is 32.9 Å². The normalized spacial score (nSPS) is 11.4. The van der Waals surface area contributed by atoms with Crippen molar-refractivity contribution < 1.29 is 34.1 Å². The van der Waals surface area contributed by atoms with Gasteiger partial charge in [-0.3, -0.25) is 4.57 Å². The van der Waals surface area contributed by atoms with Gasteiger partial charge in [-0.25, -0.2) is 24.4 Å². The van der Waals surface area contributed by atoms with Crippen LogP contribution in [0.15, 0.2) is 53.1 Å². The lowest BCUT2D eigenvalue weighted by Gasteiger charge is -2.07. The SMILES string of the molecule is O=C(O)c1nc2c3nc(Cc4ccccc4)ccc3c3c(c(C(=O)O)cn3C(=O)O)c2o1. The van der Waals surface area contributed by atoms with Crippen LogP contribution in [0.4, 0.5) is 4.79 Å². The molecule has 0 bridgehead atoms. The molecule has 0 aliphatic carbocycles. The number of benzene rings is 2. The number of carboxylic acids is 2. The summed E-state index contributed by atoms with van der Waals surface area (Å²) in [6, 6.07) is 12.9. The summed E-state index contributed by atoms with van der Waals surface area (Å²) in [6.07, 6.45) is 0.0180. The molecule has 158 valence electrons. The van der Waals surface area contributed by atoms with E-state index in [0.29, 0.717) is 17.5 Å². The molecule has 3 aromatic heterocycles. The summed E-state index contributed by atoms with van der Waals surface area (Å²) < 4.78 is 6.14. The molecule has 0 atom stereocenters. The van der Waals surface area contributed by atoms with Crippen molar-refractivity contribution in [1.82, 2.24) is 14.5 Å². The summed E-state index contributed by atoms with van der Waals surface area (Å²) in [4.78, 5) is 43.8.